The van der Waals surface area contributed by atoms with Gasteiger partial charge in [-0.2, -0.15) is 0 Å². The second kappa shape index (κ2) is 3.38. The highest BCUT2D eigenvalue weighted by molar-refractivity contribution is 7.17. The van der Waals surface area contributed by atoms with Gasteiger partial charge < -0.3 is 4.74 Å². The standard InChI is InChI=1S/C11H11OS/c1-8(2)12-10-4-3-9-5-6-13-11(9)7-10/h3-4,6-8H,1-2H3. The number of benzene rings is 1. The van der Waals surface area contributed by atoms with Crippen LogP contribution in [0.5, 0.6) is 5.75 Å². The van der Waals surface area contributed by atoms with E-state index in [1.54, 1.807) is 11.3 Å². The van der Waals surface area contributed by atoms with E-state index in [1.165, 1.54) is 10.1 Å². The van der Waals surface area contributed by atoms with E-state index in [4.69, 9.17) is 4.74 Å². The van der Waals surface area contributed by atoms with E-state index in [0.29, 0.717) is 0 Å². The number of thiophene rings is 1. The van der Waals surface area contributed by atoms with Gasteiger partial charge in [-0.3, -0.25) is 0 Å². The SMILES string of the molecule is CC(C)Oc1ccc2[c]csc2c1. The first-order chi connectivity index (χ1) is 6.25. The minimum atomic E-state index is 0.237. The molecule has 2 aromatic rings. The summed E-state index contributed by atoms with van der Waals surface area (Å²) in [5.74, 6) is 0.943. The van der Waals surface area contributed by atoms with Crippen molar-refractivity contribution in [3.05, 3.63) is 29.6 Å². The first-order valence-corrected chi connectivity index (χ1v) is 5.19. The maximum atomic E-state index is 5.58. The Labute approximate surface area is 82.0 Å². The third kappa shape index (κ3) is 1.83. The highest BCUT2D eigenvalue weighted by Crippen LogP contribution is 2.25. The highest BCUT2D eigenvalue weighted by atomic mass is 32.1. The Bertz CT molecular complexity index is 403. The van der Waals surface area contributed by atoms with Crippen LogP contribution in [-0.4, -0.2) is 6.10 Å². The molecule has 67 valence electrons. The average molecular weight is 191 g/mol. The van der Waals surface area contributed by atoms with Crippen molar-refractivity contribution >= 4 is 21.4 Å². The van der Waals surface area contributed by atoms with Crippen molar-refractivity contribution in [1.82, 2.24) is 0 Å². The number of hydrogen-bond acceptors (Lipinski definition) is 2. The van der Waals surface area contributed by atoms with Crippen LogP contribution in [-0.2, 0) is 0 Å². The van der Waals surface area contributed by atoms with Crippen LogP contribution in [0.2, 0.25) is 0 Å². The van der Waals surface area contributed by atoms with Crippen molar-refractivity contribution in [2.75, 3.05) is 0 Å². The number of rotatable bonds is 2. The second-order valence-corrected chi connectivity index (χ2v) is 4.12. The molecule has 0 N–H and O–H groups in total. The molecule has 0 spiro atoms. The van der Waals surface area contributed by atoms with Gasteiger partial charge in [-0.15, -0.1) is 11.3 Å². The van der Waals surface area contributed by atoms with E-state index in [2.05, 4.69) is 12.1 Å². The number of ether oxygens (including phenoxy) is 1. The number of fused-ring (bicyclic) bond motifs is 1. The summed E-state index contributed by atoms with van der Waals surface area (Å²) < 4.78 is 6.82. The van der Waals surface area contributed by atoms with Gasteiger partial charge in [-0.05, 0) is 37.4 Å². The zero-order valence-corrected chi connectivity index (χ0v) is 8.52. The monoisotopic (exact) mass is 191 g/mol. The Morgan fingerprint density at radius 3 is 3.00 bits per heavy atom. The zero-order valence-electron chi connectivity index (χ0n) is 7.70. The van der Waals surface area contributed by atoms with E-state index >= 15 is 0 Å². The average Bonchev–Trinajstić information content (AvgIpc) is 2.49. The third-order valence-electron chi connectivity index (χ3n) is 1.73. The summed E-state index contributed by atoms with van der Waals surface area (Å²) in [6.07, 6.45) is 0.237. The predicted octanol–water partition coefficient (Wildman–Crippen LogP) is 3.49. The third-order valence-corrected chi connectivity index (χ3v) is 2.55. The molecule has 0 saturated heterocycles. The van der Waals surface area contributed by atoms with Gasteiger partial charge in [0.2, 0.25) is 0 Å². The van der Waals surface area contributed by atoms with E-state index in [9.17, 15) is 0 Å². The van der Waals surface area contributed by atoms with E-state index in [0.717, 1.165) is 5.75 Å². The first kappa shape index (κ1) is 8.57. The minimum absolute atomic E-state index is 0.237. The molecule has 0 aliphatic heterocycles. The van der Waals surface area contributed by atoms with Gasteiger partial charge in [0.05, 0.1) is 6.10 Å². The normalized spacial score (nSPS) is 11.0. The summed E-state index contributed by atoms with van der Waals surface area (Å²) in [4.78, 5) is 0. The Morgan fingerprint density at radius 1 is 1.38 bits per heavy atom. The summed E-state index contributed by atoms with van der Waals surface area (Å²) >= 11 is 1.69. The number of hydrogen-bond donors (Lipinski definition) is 0. The molecule has 1 heterocycles. The largest absolute Gasteiger partial charge is 0.491 e. The molecule has 2 heteroatoms. The Kier molecular flexibility index (Phi) is 2.23. The molecule has 0 amide bonds. The van der Waals surface area contributed by atoms with Crippen LogP contribution < -0.4 is 4.74 Å². The molecule has 0 fully saturated rings. The fraction of sp³-hybridized carbons (Fsp3) is 0.273. The highest BCUT2D eigenvalue weighted by Gasteiger charge is 2.00. The van der Waals surface area contributed by atoms with Crippen LogP contribution >= 0.6 is 11.3 Å². The van der Waals surface area contributed by atoms with Crippen molar-refractivity contribution in [2.45, 2.75) is 20.0 Å². The van der Waals surface area contributed by atoms with Gasteiger partial charge >= 0.3 is 0 Å². The van der Waals surface area contributed by atoms with Crippen LogP contribution in [0.3, 0.4) is 0 Å². The summed E-state index contributed by atoms with van der Waals surface area (Å²) in [5.41, 5.74) is 0. The molecule has 1 aromatic carbocycles. The molecule has 0 bridgehead atoms. The Balaban J connectivity index is 2.37. The molecular formula is C11H11OS. The molecule has 0 unspecified atom stereocenters. The molecular weight excluding hydrogens is 180 g/mol. The van der Waals surface area contributed by atoms with Crippen LogP contribution in [0.4, 0.5) is 0 Å². The van der Waals surface area contributed by atoms with E-state index in [1.807, 2.05) is 31.4 Å². The Morgan fingerprint density at radius 2 is 2.23 bits per heavy atom. The second-order valence-electron chi connectivity index (χ2n) is 3.20. The molecule has 1 aromatic heterocycles. The van der Waals surface area contributed by atoms with Gasteiger partial charge in [-0.1, -0.05) is 0 Å². The van der Waals surface area contributed by atoms with Crippen molar-refractivity contribution < 1.29 is 4.74 Å². The summed E-state index contributed by atoms with van der Waals surface area (Å²) in [5, 5.41) is 3.14. The lowest BCUT2D eigenvalue weighted by Crippen LogP contribution is -2.04. The van der Waals surface area contributed by atoms with Gasteiger partial charge in [-0.25, -0.2) is 0 Å². The smallest absolute Gasteiger partial charge is 0.121 e. The van der Waals surface area contributed by atoms with Crippen molar-refractivity contribution in [2.24, 2.45) is 0 Å². The molecule has 13 heavy (non-hydrogen) atoms. The van der Waals surface area contributed by atoms with Gasteiger partial charge in [0.15, 0.2) is 0 Å². The van der Waals surface area contributed by atoms with E-state index < -0.39 is 0 Å². The maximum Gasteiger partial charge on any atom is 0.121 e. The van der Waals surface area contributed by atoms with Gasteiger partial charge in [0, 0.05) is 16.2 Å². The molecule has 0 aliphatic rings. The summed E-state index contributed by atoms with van der Waals surface area (Å²) in [6, 6.07) is 9.27. The van der Waals surface area contributed by atoms with Crippen molar-refractivity contribution in [3.63, 3.8) is 0 Å². The van der Waals surface area contributed by atoms with Crippen LogP contribution in [0.25, 0.3) is 10.1 Å². The van der Waals surface area contributed by atoms with Crippen LogP contribution in [0.1, 0.15) is 13.8 Å². The lowest BCUT2D eigenvalue weighted by atomic mass is 10.2. The molecule has 0 saturated carbocycles. The van der Waals surface area contributed by atoms with Crippen molar-refractivity contribution in [3.8, 4) is 5.75 Å². The predicted molar refractivity (Wildman–Crippen MR) is 56.4 cm³/mol. The first-order valence-electron chi connectivity index (χ1n) is 4.31. The lowest BCUT2D eigenvalue weighted by molar-refractivity contribution is 0.243. The topological polar surface area (TPSA) is 9.23 Å². The van der Waals surface area contributed by atoms with Crippen LogP contribution in [0, 0.1) is 6.07 Å². The van der Waals surface area contributed by atoms with Crippen LogP contribution in [0.15, 0.2) is 23.6 Å². The molecule has 1 nitrogen and oxygen atoms in total. The van der Waals surface area contributed by atoms with Gasteiger partial charge in [0.1, 0.15) is 5.75 Å². The van der Waals surface area contributed by atoms with Gasteiger partial charge in [0.25, 0.3) is 0 Å². The van der Waals surface area contributed by atoms with E-state index in [-0.39, 0.29) is 6.10 Å². The Hall–Kier alpha value is -1.02. The fourth-order valence-corrected chi connectivity index (χ4v) is 1.97. The molecule has 0 atom stereocenters. The molecule has 2 rings (SSSR count). The summed E-state index contributed by atoms with van der Waals surface area (Å²) in [7, 11) is 0. The summed E-state index contributed by atoms with van der Waals surface area (Å²) in [6.45, 7) is 4.06. The zero-order chi connectivity index (χ0) is 9.26. The lowest BCUT2D eigenvalue weighted by Gasteiger charge is -2.08. The van der Waals surface area contributed by atoms with Crippen molar-refractivity contribution in [1.29, 1.82) is 0 Å². The molecule has 1 radical (unpaired) electrons. The quantitative estimate of drug-likeness (QED) is 0.706. The fourth-order valence-electron chi connectivity index (χ4n) is 1.22. The minimum Gasteiger partial charge on any atom is -0.491 e. The maximum absolute atomic E-state index is 5.58. The molecule has 0 aliphatic carbocycles.